The van der Waals surface area contributed by atoms with Gasteiger partial charge in [-0.3, -0.25) is 4.79 Å². The Hall–Kier alpha value is -2.79. The molecule has 2 aromatic rings. The van der Waals surface area contributed by atoms with E-state index in [4.69, 9.17) is 10.5 Å². The van der Waals surface area contributed by atoms with E-state index in [0.29, 0.717) is 25.9 Å². The smallest absolute Gasteiger partial charge is 0.241 e. The van der Waals surface area contributed by atoms with E-state index in [1.54, 1.807) is 0 Å². The van der Waals surface area contributed by atoms with Crippen LogP contribution in [0.4, 0.5) is 16.2 Å². The number of nitrogens with one attached hydrogen (secondary N) is 1. The highest BCUT2D eigenvalue weighted by molar-refractivity contribution is 7.92. The Bertz CT molecular complexity index is 1070. The SMILES string of the molecule is COc1ccc(F)c(C)c1C(=O)c1cnc(N(C2CCNCC2)S(C)(=O)=O)nc1N. The lowest BCUT2D eigenvalue weighted by Gasteiger charge is -2.32. The van der Waals surface area contributed by atoms with Gasteiger partial charge in [0.25, 0.3) is 0 Å². The van der Waals surface area contributed by atoms with Crippen molar-refractivity contribution in [1.82, 2.24) is 15.3 Å². The summed E-state index contributed by atoms with van der Waals surface area (Å²) in [5, 5.41) is 3.17. The molecule has 9 nitrogen and oxygen atoms in total. The number of methoxy groups -OCH3 is 1. The summed E-state index contributed by atoms with van der Waals surface area (Å²) in [5.74, 6) is -1.28. The first-order valence-electron chi connectivity index (χ1n) is 9.35. The summed E-state index contributed by atoms with van der Waals surface area (Å²) >= 11 is 0. The molecule has 3 rings (SSSR count). The van der Waals surface area contributed by atoms with Crippen molar-refractivity contribution >= 4 is 27.6 Å². The number of hydrogen-bond acceptors (Lipinski definition) is 8. The minimum Gasteiger partial charge on any atom is -0.496 e. The van der Waals surface area contributed by atoms with Gasteiger partial charge in [0.1, 0.15) is 17.4 Å². The van der Waals surface area contributed by atoms with Crippen LogP contribution in [0.5, 0.6) is 5.75 Å². The number of piperidine rings is 1. The molecule has 0 bridgehead atoms. The lowest BCUT2D eigenvalue weighted by atomic mass is 9.98. The number of rotatable bonds is 6. The fourth-order valence-corrected chi connectivity index (χ4v) is 4.68. The molecule has 1 fully saturated rings. The molecule has 11 heteroatoms. The molecular weight excluding hydrogens is 413 g/mol. The number of anilines is 2. The molecule has 1 aliphatic heterocycles. The standard InChI is InChI=1S/C19H24FN5O4S/c1-11-14(20)4-5-15(29-2)16(11)17(26)13-10-23-19(24-18(13)21)25(30(3,27)28)12-6-8-22-9-7-12/h4-5,10,12,22H,6-9H2,1-3H3,(H2,21,23,24). The van der Waals surface area contributed by atoms with Crippen LogP contribution >= 0.6 is 0 Å². The molecule has 0 unspecified atom stereocenters. The minimum absolute atomic E-state index is 0.0128. The van der Waals surface area contributed by atoms with Crippen molar-refractivity contribution < 1.29 is 22.3 Å². The highest BCUT2D eigenvalue weighted by atomic mass is 32.2. The van der Waals surface area contributed by atoms with Crippen molar-refractivity contribution in [2.75, 3.05) is 36.5 Å². The van der Waals surface area contributed by atoms with Crippen molar-refractivity contribution in [3.05, 3.63) is 40.8 Å². The van der Waals surface area contributed by atoms with Gasteiger partial charge in [-0.15, -0.1) is 0 Å². The van der Waals surface area contributed by atoms with Gasteiger partial charge in [0, 0.05) is 6.20 Å². The van der Waals surface area contributed by atoms with Crippen molar-refractivity contribution in [3.8, 4) is 5.75 Å². The van der Waals surface area contributed by atoms with Crippen LogP contribution < -0.4 is 20.1 Å². The van der Waals surface area contributed by atoms with E-state index in [2.05, 4.69) is 15.3 Å². The van der Waals surface area contributed by atoms with Gasteiger partial charge in [0.15, 0.2) is 0 Å². The summed E-state index contributed by atoms with van der Waals surface area (Å²) in [5.41, 5.74) is 6.06. The van der Waals surface area contributed by atoms with E-state index in [1.165, 1.54) is 32.4 Å². The third-order valence-corrected chi connectivity index (χ3v) is 6.23. The summed E-state index contributed by atoms with van der Waals surface area (Å²) in [6.45, 7) is 2.79. The molecule has 0 aliphatic carbocycles. The van der Waals surface area contributed by atoms with E-state index < -0.39 is 21.6 Å². The number of nitrogens with zero attached hydrogens (tertiary/aromatic N) is 3. The number of nitrogens with two attached hydrogens (primary N) is 1. The Kier molecular flexibility index (Phi) is 6.22. The highest BCUT2D eigenvalue weighted by Gasteiger charge is 2.31. The number of carbonyl (C=O) groups excluding carboxylic acids is 1. The quantitative estimate of drug-likeness (QED) is 0.647. The maximum absolute atomic E-state index is 14.0. The Morgan fingerprint density at radius 2 is 2.00 bits per heavy atom. The van der Waals surface area contributed by atoms with Gasteiger partial charge in [-0.2, -0.15) is 4.98 Å². The van der Waals surface area contributed by atoms with E-state index in [0.717, 1.165) is 10.6 Å². The third kappa shape index (κ3) is 4.21. The number of hydrogen-bond donors (Lipinski definition) is 2. The second-order valence-corrected chi connectivity index (χ2v) is 8.95. The van der Waals surface area contributed by atoms with Crippen LogP contribution in [0.25, 0.3) is 0 Å². The van der Waals surface area contributed by atoms with Crippen LogP contribution in [0.15, 0.2) is 18.3 Å². The van der Waals surface area contributed by atoms with Crippen molar-refractivity contribution in [3.63, 3.8) is 0 Å². The summed E-state index contributed by atoms with van der Waals surface area (Å²) in [6, 6.07) is 2.24. The molecule has 0 atom stereocenters. The van der Waals surface area contributed by atoms with Crippen LogP contribution in [0.2, 0.25) is 0 Å². The number of aromatic nitrogens is 2. The first-order chi connectivity index (χ1) is 14.1. The molecule has 1 aliphatic rings. The fourth-order valence-electron chi connectivity index (χ4n) is 3.54. The third-order valence-electron chi connectivity index (χ3n) is 5.05. The zero-order valence-electron chi connectivity index (χ0n) is 17.0. The molecule has 1 saturated heterocycles. The number of ether oxygens (including phenoxy) is 1. The van der Waals surface area contributed by atoms with E-state index in [1.807, 2.05) is 0 Å². The lowest BCUT2D eigenvalue weighted by Crippen LogP contribution is -2.46. The van der Waals surface area contributed by atoms with Gasteiger partial charge in [0.05, 0.1) is 30.5 Å². The monoisotopic (exact) mass is 437 g/mol. The Morgan fingerprint density at radius 1 is 1.33 bits per heavy atom. The number of nitrogen functional groups attached to an aromatic ring is 1. The topological polar surface area (TPSA) is 128 Å². The van der Waals surface area contributed by atoms with Crippen LogP contribution in [0.1, 0.15) is 34.3 Å². The lowest BCUT2D eigenvalue weighted by molar-refractivity contribution is 0.103. The van der Waals surface area contributed by atoms with Crippen molar-refractivity contribution in [1.29, 1.82) is 0 Å². The van der Waals surface area contributed by atoms with Gasteiger partial charge in [-0.25, -0.2) is 22.1 Å². The van der Waals surface area contributed by atoms with E-state index >= 15 is 0 Å². The maximum atomic E-state index is 14.0. The van der Waals surface area contributed by atoms with Crippen LogP contribution in [0, 0.1) is 12.7 Å². The predicted molar refractivity (Wildman–Crippen MR) is 111 cm³/mol. The number of benzene rings is 1. The Balaban J connectivity index is 2.03. The van der Waals surface area contributed by atoms with Gasteiger partial charge in [0.2, 0.25) is 21.8 Å². The highest BCUT2D eigenvalue weighted by Crippen LogP contribution is 2.29. The summed E-state index contributed by atoms with van der Waals surface area (Å²) < 4.78 is 45.2. The molecule has 1 aromatic heterocycles. The van der Waals surface area contributed by atoms with E-state index in [9.17, 15) is 17.6 Å². The molecule has 2 heterocycles. The fraction of sp³-hybridized carbons (Fsp3) is 0.421. The molecule has 1 aromatic carbocycles. The van der Waals surface area contributed by atoms with Crippen molar-refractivity contribution in [2.45, 2.75) is 25.8 Å². The molecular formula is C19H24FN5O4S. The second kappa shape index (κ2) is 8.52. The Labute approximate surface area is 174 Å². The van der Waals surface area contributed by atoms with E-state index in [-0.39, 0.29) is 40.2 Å². The average molecular weight is 437 g/mol. The molecule has 3 N–H and O–H groups in total. The molecule has 0 spiro atoms. The van der Waals surface area contributed by atoms with Gasteiger partial charge < -0.3 is 15.8 Å². The molecule has 0 amide bonds. The zero-order chi connectivity index (χ0) is 22.1. The van der Waals surface area contributed by atoms with Gasteiger partial charge in [-0.05, 0) is 50.6 Å². The minimum atomic E-state index is -3.67. The molecule has 30 heavy (non-hydrogen) atoms. The zero-order valence-corrected chi connectivity index (χ0v) is 17.8. The van der Waals surface area contributed by atoms with Gasteiger partial charge >= 0.3 is 0 Å². The first kappa shape index (κ1) is 21.9. The molecule has 0 saturated carbocycles. The van der Waals surface area contributed by atoms with Crippen LogP contribution in [-0.2, 0) is 10.0 Å². The van der Waals surface area contributed by atoms with Crippen LogP contribution in [0.3, 0.4) is 0 Å². The molecule has 162 valence electrons. The van der Waals surface area contributed by atoms with Crippen molar-refractivity contribution in [2.24, 2.45) is 0 Å². The number of sulfonamides is 1. The first-order valence-corrected chi connectivity index (χ1v) is 11.2. The largest absolute Gasteiger partial charge is 0.496 e. The Morgan fingerprint density at radius 3 is 2.57 bits per heavy atom. The van der Waals surface area contributed by atoms with Gasteiger partial charge in [-0.1, -0.05) is 0 Å². The number of ketones is 1. The molecule has 0 radical (unpaired) electrons. The van der Waals surface area contributed by atoms with Crippen LogP contribution in [-0.4, -0.2) is 56.7 Å². The summed E-state index contributed by atoms with van der Waals surface area (Å²) in [6.07, 6.45) is 3.44. The average Bonchev–Trinajstić information content (AvgIpc) is 2.69. The summed E-state index contributed by atoms with van der Waals surface area (Å²) in [4.78, 5) is 21.3. The number of carbonyl (C=O) groups is 1. The predicted octanol–water partition coefficient (Wildman–Crippen LogP) is 1.26. The second-order valence-electron chi connectivity index (χ2n) is 7.09. The number of halogens is 1. The normalized spacial score (nSPS) is 15.1. The summed E-state index contributed by atoms with van der Waals surface area (Å²) in [7, 11) is -2.30. The maximum Gasteiger partial charge on any atom is 0.241 e.